The van der Waals surface area contributed by atoms with E-state index in [1.807, 2.05) is 5.92 Å². The van der Waals surface area contributed by atoms with Crippen LogP contribution in [0.15, 0.2) is 0 Å². The first-order valence-corrected chi connectivity index (χ1v) is 10.6. The molecule has 141 valence electrons. The molecule has 24 heavy (non-hydrogen) atoms. The van der Waals surface area contributed by atoms with Gasteiger partial charge >= 0.3 is 0 Å². The molecule has 2 atom stereocenters. The molecule has 0 heterocycles. The summed E-state index contributed by atoms with van der Waals surface area (Å²) in [4.78, 5) is 0. The van der Waals surface area contributed by atoms with Crippen LogP contribution < -0.4 is 0 Å². The van der Waals surface area contributed by atoms with Crippen molar-refractivity contribution < 1.29 is 5.11 Å². The second-order valence-corrected chi connectivity index (χ2v) is 11.0. The molecule has 2 rings (SSSR count). The van der Waals surface area contributed by atoms with E-state index in [-0.39, 0.29) is 16.9 Å². The summed E-state index contributed by atoms with van der Waals surface area (Å²) in [6, 6.07) is 0. The van der Waals surface area contributed by atoms with Crippen LogP contribution in [0.25, 0.3) is 0 Å². The minimum absolute atomic E-state index is 0.140. The molecule has 1 radical (unpaired) electrons. The normalized spacial score (nSPS) is 34.5. The van der Waals surface area contributed by atoms with Crippen molar-refractivity contribution in [2.75, 3.05) is 0 Å². The third kappa shape index (κ3) is 4.77. The quantitative estimate of drug-likeness (QED) is 0.612. The molecule has 2 fully saturated rings. The summed E-state index contributed by atoms with van der Waals surface area (Å²) < 4.78 is 0. The Kier molecular flexibility index (Phi) is 6.49. The summed E-state index contributed by atoms with van der Waals surface area (Å²) in [6.45, 7) is 16.3. The zero-order chi connectivity index (χ0) is 18.1. The molecule has 2 aliphatic rings. The van der Waals surface area contributed by atoms with Crippen LogP contribution in [0.3, 0.4) is 0 Å². The average molecular weight is 336 g/mol. The molecule has 0 aromatic rings. The van der Waals surface area contributed by atoms with Crippen molar-refractivity contribution in [2.24, 2.45) is 34.5 Å². The molecule has 2 unspecified atom stereocenters. The Morgan fingerprint density at radius 3 is 1.71 bits per heavy atom. The summed E-state index contributed by atoms with van der Waals surface area (Å²) in [5, 5.41) is 11.1. The fraction of sp³-hybridized carbons (Fsp3) is 0.957. The molecule has 1 heteroatoms. The standard InChI is InChI=1S/C23H43O/c1-8-9-16-10-12-17(13-11-16)18-14-19(22(2,3)4)21(24)20(15-18)23(5,6)7/h16,18-21,24H,8-15H2,1-7H3. The highest BCUT2D eigenvalue weighted by molar-refractivity contribution is 5.06. The largest absolute Gasteiger partial charge is 0.393 e. The molecule has 0 amide bonds. The van der Waals surface area contributed by atoms with Crippen molar-refractivity contribution in [3.05, 3.63) is 5.92 Å². The van der Waals surface area contributed by atoms with Crippen LogP contribution in [0.5, 0.6) is 0 Å². The monoisotopic (exact) mass is 335 g/mol. The fourth-order valence-electron chi connectivity index (χ4n) is 5.49. The van der Waals surface area contributed by atoms with Crippen LogP contribution in [-0.2, 0) is 0 Å². The van der Waals surface area contributed by atoms with E-state index in [1.54, 1.807) is 0 Å². The Morgan fingerprint density at radius 2 is 1.33 bits per heavy atom. The summed E-state index contributed by atoms with van der Waals surface area (Å²) in [5.74, 6) is 4.44. The van der Waals surface area contributed by atoms with Gasteiger partial charge in [0, 0.05) is 0 Å². The minimum atomic E-state index is -0.140. The van der Waals surface area contributed by atoms with E-state index >= 15 is 0 Å². The predicted molar refractivity (Wildman–Crippen MR) is 105 cm³/mol. The van der Waals surface area contributed by atoms with Gasteiger partial charge in [0.2, 0.25) is 0 Å². The van der Waals surface area contributed by atoms with Crippen molar-refractivity contribution in [1.29, 1.82) is 0 Å². The number of aliphatic hydroxyl groups is 1. The Balaban J connectivity index is 2.10. The lowest BCUT2D eigenvalue weighted by atomic mass is 9.55. The Hall–Kier alpha value is -0.0400. The summed E-state index contributed by atoms with van der Waals surface area (Å²) in [5.41, 5.74) is 0.392. The van der Waals surface area contributed by atoms with Gasteiger partial charge in [-0.2, -0.15) is 0 Å². The van der Waals surface area contributed by atoms with Gasteiger partial charge in [-0.25, -0.2) is 0 Å². The van der Waals surface area contributed by atoms with Gasteiger partial charge in [-0.05, 0) is 78.9 Å². The van der Waals surface area contributed by atoms with E-state index in [9.17, 15) is 5.11 Å². The molecule has 0 aromatic heterocycles. The van der Waals surface area contributed by atoms with Crippen LogP contribution in [0.1, 0.15) is 99.8 Å². The van der Waals surface area contributed by atoms with Gasteiger partial charge in [0.25, 0.3) is 0 Å². The van der Waals surface area contributed by atoms with Gasteiger partial charge in [0.15, 0.2) is 0 Å². The molecule has 2 saturated carbocycles. The zero-order valence-electron chi connectivity index (χ0n) is 17.5. The van der Waals surface area contributed by atoms with E-state index < -0.39 is 0 Å². The number of hydrogen-bond donors (Lipinski definition) is 1. The fourth-order valence-corrected chi connectivity index (χ4v) is 5.49. The van der Waals surface area contributed by atoms with E-state index in [4.69, 9.17) is 0 Å². The van der Waals surface area contributed by atoms with E-state index in [0.717, 1.165) is 11.8 Å². The molecule has 1 nitrogen and oxygen atoms in total. The molecular formula is C23H43O. The average Bonchev–Trinajstić information content (AvgIpc) is 2.46. The van der Waals surface area contributed by atoms with Gasteiger partial charge in [-0.15, -0.1) is 0 Å². The van der Waals surface area contributed by atoms with Gasteiger partial charge in [-0.3, -0.25) is 0 Å². The SMILES string of the molecule is CCCC1CC[C](C2CC(C(C)(C)C)C(O)C(C(C)(C)C)C2)CC1. The number of aliphatic hydroxyl groups excluding tert-OH is 1. The van der Waals surface area contributed by atoms with Crippen molar-refractivity contribution in [3.8, 4) is 0 Å². The summed E-state index contributed by atoms with van der Waals surface area (Å²) in [7, 11) is 0. The molecule has 0 aromatic carbocycles. The van der Waals surface area contributed by atoms with Gasteiger partial charge in [0.05, 0.1) is 6.10 Å². The Bertz CT molecular complexity index is 354. The highest BCUT2D eigenvalue weighted by Crippen LogP contribution is 2.52. The Morgan fingerprint density at radius 1 is 0.875 bits per heavy atom. The van der Waals surface area contributed by atoms with Gasteiger partial charge < -0.3 is 5.11 Å². The molecule has 1 N–H and O–H groups in total. The highest BCUT2D eigenvalue weighted by atomic mass is 16.3. The lowest BCUT2D eigenvalue weighted by Crippen LogP contribution is -2.48. The lowest BCUT2D eigenvalue weighted by Gasteiger charge is -2.51. The van der Waals surface area contributed by atoms with Crippen LogP contribution in [0, 0.1) is 40.4 Å². The smallest absolute Gasteiger partial charge is 0.0606 e. The van der Waals surface area contributed by atoms with Crippen molar-refractivity contribution in [3.63, 3.8) is 0 Å². The first kappa shape index (κ1) is 20.3. The zero-order valence-corrected chi connectivity index (χ0v) is 17.5. The van der Waals surface area contributed by atoms with Gasteiger partial charge in [-0.1, -0.05) is 61.3 Å². The third-order valence-electron chi connectivity index (χ3n) is 7.15. The highest BCUT2D eigenvalue weighted by Gasteiger charge is 2.47. The molecule has 0 spiro atoms. The maximum Gasteiger partial charge on any atom is 0.0606 e. The minimum Gasteiger partial charge on any atom is -0.393 e. The summed E-state index contributed by atoms with van der Waals surface area (Å²) >= 11 is 0. The first-order valence-electron chi connectivity index (χ1n) is 10.6. The lowest BCUT2D eigenvalue weighted by molar-refractivity contribution is -0.0828. The number of rotatable bonds is 3. The molecule has 2 aliphatic carbocycles. The number of hydrogen-bond acceptors (Lipinski definition) is 1. The molecule has 0 bridgehead atoms. The van der Waals surface area contributed by atoms with E-state index in [0.29, 0.717) is 11.8 Å². The second-order valence-electron chi connectivity index (χ2n) is 11.0. The topological polar surface area (TPSA) is 20.2 Å². The Labute approximate surface area is 152 Å². The van der Waals surface area contributed by atoms with Crippen molar-refractivity contribution in [2.45, 2.75) is 106 Å². The van der Waals surface area contributed by atoms with Gasteiger partial charge in [0.1, 0.15) is 0 Å². The molecule has 0 aliphatic heterocycles. The van der Waals surface area contributed by atoms with Crippen LogP contribution >= 0.6 is 0 Å². The van der Waals surface area contributed by atoms with E-state index in [2.05, 4.69) is 48.5 Å². The molecule has 0 saturated heterocycles. The van der Waals surface area contributed by atoms with Crippen molar-refractivity contribution >= 4 is 0 Å². The third-order valence-corrected chi connectivity index (χ3v) is 7.15. The van der Waals surface area contributed by atoms with Crippen LogP contribution in [-0.4, -0.2) is 11.2 Å². The van der Waals surface area contributed by atoms with Crippen LogP contribution in [0.2, 0.25) is 0 Å². The second kappa shape index (κ2) is 7.68. The van der Waals surface area contributed by atoms with Crippen molar-refractivity contribution in [1.82, 2.24) is 0 Å². The predicted octanol–water partition coefficient (Wildman–Crippen LogP) is 6.65. The first-order chi connectivity index (χ1) is 11.0. The molecular weight excluding hydrogens is 292 g/mol. The van der Waals surface area contributed by atoms with E-state index in [1.165, 1.54) is 51.4 Å². The summed E-state index contributed by atoms with van der Waals surface area (Å²) in [6.07, 6.45) is 10.6. The maximum absolute atomic E-state index is 11.1. The van der Waals surface area contributed by atoms with Crippen LogP contribution in [0.4, 0.5) is 0 Å². The maximum atomic E-state index is 11.1.